The number of para-hydroxylation sites is 1. The lowest BCUT2D eigenvalue weighted by Gasteiger charge is -2.27. The highest BCUT2D eigenvalue weighted by molar-refractivity contribution is 6.01. The number of rotatable bonds is 5. The molecule has 1 saturated heterocycles. The van der Waals surface area contributed by atoms with Crippen molar-refractivity contribution in [2.75, 3.05) is 30.4 Å². The number of piperidine rings is 1. The van der Waals surface area contributed by atoms with E-state index >= 15 is 0 Å². The second kappa shape index (κ2) is 8.36. The number of nitrogens with zero attached hydrogens (tertiary/aromatic N) is 5. The van der Waals surface area contributed by atoms with E-state index in [1.54, 1.807) is 36.5 Å². The number of benzene rings is 1. The van der Waals surface area contributed by atoms with Gasteiger partial charge in [0.1, 0.15) is 12.4 Å². The van der Waals surface area contributed by atoms with Gasteiger partial charge in [-0.3, -0.25) is 4.79 Å². The maximum absolute atomic E-state index is 12.6. The van der Waals surface area contributed by atoms with E-state index in [0.717, 1.165) is 36.4 Å². The number of fused-ring (bicyclic) bond motifs is 1. The van der Waals surface area contributed by atoms with E-state index in [4.69, 9.17) is 4.74 Å². The molecular formula is C20H22N6O4. The average Bonchev–Trinajstić information content (AvgIpc) is 3.08. The minimum Gasteiger partial charge on any atom is -0.465 e. The maximum Gasteiger partial charge on any atom is 0.352 e. The molecule has 1 fully saturated rings. The zero-order valence-electron chi connectivity index (χ0n) is 16.6. The van der Waals surface area contributed by atoms with Gasteiger partial charge in [0.2, 0.25) is 5.91 Å². The molecule has 10 nitrogen and oxygen atoms in total. The number of anilines is 2. The summed E-state index contributed by atoms with van der Waals surface area (Å²) in [5.41, 5.74) is 0.0688. The molecule has 0 unspecified atom stereocenters. The van der Waals surface area contributed by atoms with Crippen molar-refractivity contribution >= 4 is 29.2 Å². The molecule has 0 atom stereocenters. The third-order valence-corrected chi connectivity index (χ3v) is 5.02. The van der Waals surface area contributed by atoms with Crippen molar-refractivity contribution in [3.05, 3.63) is 52.6 Å². The molecule has 3 aromatic rings. The number of methoxy groups -OCH3 is 1. The molecule has 0 radical (unpaired) electrons. The van der Waals surface area contributed by atoms with Crippen molar-refractivity contribution < 1.29 is 14.3 Å². The molecule has 1 aliphatic heterocycles. The highest BCUT2D eigenvalue weighted by Crippen LogP contribution is 2.18. The molecule has 156 valence electrons. The van der Waals surface area contributed by atoms with Crippen LogP contribution in [0.25, 0.3) is 5.78 Å². The van der Waals surface area contributed by atoms with E-state index < -0.39 is 17.6 Å². The molecule has 0 aliphatic carbocycles. The summed E-state index contributed by atoms with van der Waals surface area (Å²) in [4.78, 5) is 43.6. The Labute approximate surface area is 172 Å². The van der Waals surface area contributed by atoms with Crippen LogP contribution in [0.3, 0.4) is 0 Å². The smallest absolute Gasteiger partial charge is 0.352 e. The lowest BCUT2D eigenvalue weighted by Crippen LogP contribution is -2.30. The number of aromatic nitrogens is 4. The Morgan fingerprint density at radius 2 is 1.90 bits per heavy atom. The van der Waals surface area contributed by atoms with Gasteiger partial charge in [-0.2, -0.15) is 4.98 Å². The summed E-state index contributed by atoms with van der Waals surface area (Å²) >= 11 is 0. The molecular weight excluding hydrogens is 388 g/mol. The lowest BCUT2D eigenvalue weighted by atomic mass is 10.1. The zero-order chi connectivity index (χ0) is 21.1. The molecule has 10 heteroatoms. The third kappa shape index (κ3) is 3.88. The van der Waals surface area contributed by atoms with Gasteiger partial charge >= 0.3 is 11.7 Å². The monoisotopic (exact) mass is 410 g/mol. The minimum absolute atomic E-state index is 0.225. The Bertz CT molecular complexity index is 1150. The standard InChI is InChI=1S/C20H22N6O4/c1-30-18(28)14-7-3-4-8-15(14)21-17(27)13-26-20(29)25-12-9-16(22-19(25)23-26)24-10-5-2-6-11-24/h3-4,7-9,12H,2,5-6,10-11,13H2,1H3,(H,21,27). The molecule has 3 heterocycles. The van der Waals surface area contributed by atoms with Crippen LogP contribution in [0.5, 0.6) is 0 Å². The maximum atomic E-state index is 12.6. The first kappa shape index (κ1) is 19.6. The predicted octanol–water partition coefficient (Wildman–Crippen LogP) is 1.31. The van der Waals surface area contributed by atoms with Crippen LogP contribution in [0.4, 0.5) is 11.5 Å². The Morgan fingerprint density at radius 1 is 1.13 bits per heavy atom. The van der Waals surface area contributed by atoms with Crippen LogP contribution in [-0.2, 0) is 16.1 Å². The highest BCUT2D eigenvalue weighted by Gasteiger charge is 2.17. The van der Waals surface area contributed by atoms with Gasteiger partial charge in [0.05, 0.1) is 18.4 Å². The van der Waals surface area contributed by atoms with Gasteiger partial charge in [-0.1, -0.05) is 12.1 Å². The largest absolute Gasteiger partial charge is 0.465 e. The number of hydrogen-bond acceptors (Lipinski definition) is 7. The molecule has 0 spiro atoms. The van der Waals surface area contributed by atoms with Crippen LogP contribution in [0.1, 0.15) is 29.6 Å². The van der Waals surface area contributed by atoms with Crippen LogP contribution in [0.15, 0.2) is 41.3 Å². The quantitative estimate of drug-likeness (QED) is 0.631. The summed E-state index contributed by atoms with van der Waals surface area (Å²) in [5, 5.41) is 6.83. The van der Waals surface area contributed by atoms with Crippen LogP contribution >= 0.6 is 0 Å². The number of esters is 1. The lowest BCUT2D eigenvalue weighted by molar-refractivity contribution is -0.117. The fourth-order valence-electron chi connectivity index (χ4n) is 3.50. The fourth-order valence-corrected chi connectivity index (χ4v) is 3.50. The van der Waals surface area contributed by atoms with Gasteiger partial charge in [0.15, 0.2) is 0 Å². The molecule has 0 saturated carbocycles. The van der Waals surface area contributed by atoms with Crippen LogP contribution in [0, 0.1) is 0 Å². The van der Waals surface area contributed by atoms with Gasteiger partial charge in [-0.05, 0) is 37.5 Å². The SMILES string of the molecule is COC(=O)c1ccccc1NC(=O)Cn1nc2nc(N3CCCCC3)ccn2c1=O. The number of amides is 1. The number of ether oxygens (including phenoxy) is 1. The summed E-state index contributed by atoms with van der Waals surface area (Å²) in [6, 6.07) is 8.28. The molecule has 1 N–H and O–H groups in total. The third-order valence-electron chi connectivity index (χ3n) is 5.02. The number of nitrogens with one attached hydrogen (secondary N) is 1. The first-order valence-corrected chi connectivity index (χ1v) is 9.75. The van der Waals surface area contributed by atoms with E-state index in [0.29, 0.717) is 5.69 Å². The Balaban J connectivity index is 1.54. The molecule has 1 aromatic carbocycles. The van der Waals surface area contributed by atoms with Crippen molar-refractivity contribution in [2.45, 2.75) is 25.8 Å². The van der Waals surface area contributed by atoms with Crippen LogP contribution in [-0.4, -0.2) is 51.2 Å². The zero-order valence-corrected chi connectivity index (χ0v) is 16.6. The van der Waals surface area contributed by atoms with Gasteiger partial charge in [-0.15, -0.1) is 5.10 Å². The van der Waals surface area contributed by atoms with Crippen LogP contribution in [0.2, 0.25) is 0 Å². The minimum atomic E-state index is -0.565. The second-order valence-corrected chi connectivity index (χ2v) is 7.03. The first-order valence-electron chi connectivity index (χ1n) is 9.75. The van der Waals surface area contributed by atoms with E-state index in [9.17, 15) is 14.4 Å². The topological polar surface area (TPSA) is 111 Å². The van der Waals surface area contributed by atoms with Gasteiger partial charge in [0, 0.05) is 19.3 Å². The molecule has 2 aromatic heterocycles. The molecule has 1 amide bonds. The van der Waals surface area contributed by atoms with E-state index in [1.807, 2.05) is 0 Å². The summed E-state index contributed by atoms with van der Waals surface area (Å²) in [7, 11) is 1.27. The van der Waals surface area contributed by atoms with Crippen LogP contribution < -0.4 is 15.9 Å². The predicted molar refractivity (Wildman–Crippen MR) is 110 cm³/mol. The van der Waals surface area contributed by atoms with Crippen molar-refractivity contribution in [1.82, 2.24) is 19.2 Å². The Morgan fingerprint density at radius 3 is 2.67 bits per heavy atom. The van der Waals surface area contributed by atoms with E-state index in [1.165, 1.54) is 17.9 Å². The number of carbonyl (C=O) groups excluding carboxylic acids is 2. The van der Waals surface area contributed by atoms with Crippen molar-refractivity contribution in [2.24, 2.45) is 0 Å². The van der Waals surface area contributed by atoms with Crippen molar-refractivity contribution in [3.63, 3.8) is 0 Å². The molecule has 4 rings (SSSR count). The first-order chi connectivity index (χ1) is 14.6. The van der Waals surface area contributed by atoms with Gasteiger partial charge in [0.25, 0.3) is 5.78 Å². The van der Waals surface area contributed by atoms with Gasteiger partial charge in [-0.25, -0.2) is 18.7 Å². The van der Waals surface area contributed by atoms with Crippen molar-refractivity contribution in [3.8, 4) is 0 Å². The van der Waals surface area contributed by atoms with E-state index in [-0.39, 0.29) is 17.9 Å². The summed E-state index contributed by atoms with van der Waals surface area (Å²) in [6.45, 7) is 1.54. The number of hydrogen-bond donors (Lipinski definition) is 1. The summed E-state index contributed by atoms with van der Waals surface area (Å²) in [5.74, 6) is -0.0417. The Kier molecular flexibility index (Phi) is 5.46. The normalized spacial score (nSPS) is 14.0. The fraction of sp³-hybridized carbons (Fsp3) is 0.350. The summed E-state index contributed by atoms with van der Waals surface area (Å²) < 4.78 is 7.09. The van der Waals surface area contributed by atoms with E-state index in [2.05, 4.69) is 20.3 Å². The average molecular weight is 410 g/mol. The summed E-state index contributed by atoms with van der Waals surface area (Å²) in [6.07, 6.45) is 5.06. The molecule has 1 aliphatic rings. The molecule has 0 bridgehead atoms. The molecule has 30 heavy (non-hydrogen) atoms. The van der Waals surface area contributed by atoms with Crippen molar-refractivity contribution in [1.29, 1.82) is 0 Å². The Hall–Kier alpha value is -3.69. The second-order valence-electron chi connectivity index (χ2n) is 7.03. The number of carbonyl (C=O) groups is 2. The highest BCUT2D eigenvalue weighted by atomic mass is 16.5. The van der Waals surface area contributed by atoms with Gasteiger partial charge < -0.3 is 15.0 Å².